The molecular weight excluding hydrogens is 356 g/mol. The molecule has 0 spiro atoms. The Morgan fingerprint density at radius 2 is 2.00 bits per heavy atom. The summed E-state index contributed by atoms with van der Waals surface area (Å²) in [5.74, 6) is 1.37. The van der Waals surface area contributed by atoms with Gasteiger partial charge >= 0.3 is 5.97 Å². The van der Waals surface area contributed by atoms with E-state index in [4.69, 9.17) is 4.74 Å². The van der Waals surface area contributed by atoms with E-state index in [1.54, 1.807) is 14.0 Å². The Bertz CT molecular complexity index is 747. The average Bonchev–Trinajstić information content (AvgIpc) is 3.16. The Morgan fingerprint density at radius 3 is 2.73 bits per heavy atom. The van der Waals surface area contributed by atoms with Crippen molar-refractivity contribution in [2.75, 3.05) is 42.7 Å². The third kappa shape index (κ3) is 4.59. The van der Waals surface area contributed by atoms with Crippen molar-refractivity contribution in [1.82, 2.24) is 29.7 Å². The number of carbonyl (C=O) groups is 1. The van der Waals surface area contributed by atoms with Gasteiger partial charge in [-0.2, -0.15) is 19.6 Å². The van der Waals surface area contributed by atoms with Gasteiger partial charge in [0.25, 0.3) is 5.95 Å². The summed E-state index contributed by atoms with van der Waals surface area (Å²) < 4.78 is 6.39. The van der Waals surface area contributed by atoms with E-state index in [1.165, 1.54) is 29.2 Å². The van der Waals surface area contributed by atoms with Crippen LogP contribution in [0.5, 0.6) is 0 Å². The molecule has 3 heterocycles. The summed E-state index contributed by atoms with van der Waals surface area (Å²) in [4.78, 5) is 31.1. The number of rotatable bonds is 7. The molecule has 0 aliphatic carbocycles. The Morgan fingerprint density at radius 1 is 1.23 bits per heavy atom. The van der Waals surface area contributed by atoms with Crippen LogP contribution in [0.25, 0.3) is 5.95 Å². The van der Waals surface area contributed by atoms with Gasteiger partial charge in [0.05, 0.1) is 12.4 Å². The first kappa shape index (κ1) is 18.4. The number of carbonyl (C=O) groups excluding carboxylic acids is 1. The van der Waals surface area contributed by atoms with Crippen LogP contribution in [0.2, 0.25) is 0 Å². The van der Waals surface area contributed by atoms with E-state index in [0.29, 0.717) is 29.6 Å². The van der Waals surface area contributed by atoms with Gasteiger partial charge in [0.2, 0.25) is 17.1 Å². The van der Waals surface area contributed by atoms with Crippen molar-refractivity contribution < 1.29 is 9.53 Å². The normalized spacial score (nSPS) is 14.3. The molecule has 0 aromatic carbocycles. The van der Waals surface area contributed by atoms with Crippen LogP contribution in [-0.4, -0.2) is 68.2 Å². The van der Waals surface area contributed by atoms with E-state index in [2.05, 4.69) is 35.3 Å². The van der Waals surface area contributed by atoms with Gasteiger partial charge in [0, 0.05) is 20.1 Å². The number of hydrogen-bond acceptors (Lipinski definition) is 10. The van der Waals surface area contributed by atoms with Crippen LogP contribution in [0.3, 0.4) is 0 Å². The van der Waals surface area contributed by atoms with Crippen LogP contribution in [0.4, 0.5) is 11.9 Å². The van der Waals surface area contributed by atoms with E-state index in [0.717, 1.165) is 25.9 Å². The maximum Gasteiger partial charge on any atom is 0.316 e. The lowest BCUT2D eigenvalue weighted by Gasteiger charge is -2.26. The van der Waals surface area contributed by atoms with Crippen molar-refractivity contribution in [3.63, 3.8) is 0 Å². The van der Waals surface area contributed by atoms with Crippen molar-refractivity contribution in [3.8, 4) is 5.95 Å². The van der Waals surface area contributed by atoms with E-state index >= 15 is 0 Å². The first-order chi connectivity index (χ1) is 12.7. The monoisotopic (exact) mass is 378 g/mol. The van der Waals surface area contributed by atoms with Crippen LogP contribution >= 0.6 is 11.8 Å². The second-order valence-corrected chi connectivity index (χ2v) is 6.56. The molecule has 1 fully saturated rings. The molecule has 1 aliphatic rings. The highest BCUT2D eigenvalue weighted by molar-refractivity contribution is 7.99. The van der Waals surface area contributed by atoms with Gasteiger partial charge < -0.3 is 15.0 Å². The van der Waals surface area contributed by atoms with E-state index in [-0.39, 0.29) is 11.7 Å². The Labute approximate surface area is 155 Å². The zero-order valence-electron chi connectivity index (χ0n) is 14.9. The molecule has 1 N–H and O–H groups in total. The summed E-state index contributed by atoms with van der Waals surface area (Å²) in [6.07, 6.45) is 5.03. The number of nitrogens with zero attached hydrogens (tertiary/aromatic N) is 7. The van der Waals surface area contributed by atoms with Crippen LogP contribution < -0.4 is 10.2 Å². The Hall–Kier alpha value is -2.43. The highest BCUT2D eigenvalue weighted by atomic mass is 32.2. The van der Waals surface area contributed by atoms with Crippen LogP contribution in [-0.2, 0) is 9.53 Å². The first-order valence-corrected chi connectivity index (χ1v) is 9.57. The maximum absolute atomic E-state index is 11.4. The van der Waals surface area contributed by atoms with E-state index < -0.39 is 0 Å². The molecule has 1 saturated heterocycles. The minimum absolute atomic E-state index is 0.163. The van der Waals surface area contributed by atoms with Gasteiger partial charge in [0.15, 0.2) is 0 Å². The summed E-state index contributed by atoms with van der Waals surface area (Å²) in [5, 5.41) is 7.76. The molecule has 0 saturated carbocycles. The molecule has 0 atom stereocenters. The van der Waals surface area contributed by atoms with E-state index in [1.807, 2.05) is 0 Å². The van der Waals surface area contributed by atoms with Gasteiger partial charge in [-0.15, -0.1) is 5.10 Å². The van der Waals surface area contributed by atoms with Gasteiger partial charge in [-0.3, -0.25) is 4.79 Å². The number of anilines is 2. The fourth-order valence-electron chi connectivity index (χ4n) is 2.54. The summed E-state index contributed by atoms with van der Waals surface area (Å²) in [6, 6.07) is 0. The zero-order valence-corrected chi connectivity index (χ0v) is 15.7. The lowest BCUT2D eigenvalue weighted by atomic mass is 10.1. The van der Waals surface area contributed by atoms with Crippen LogP contribution in [0.15, 0.2) is 11.5 Å². The molecular formula is C15H22N8O2S. The van der Waals surface area contributed by atoms with Gasteiger partial charge in [-0.1, -0.05) is 11.8 Å². The molecule has 26 heavy (non-hydrogen) atoms. The smallest absolute Gasteiger partial charge is 0.316 e. The topological polar surface area (TPSA) is 111 Å². The third-order valence-corrected chi connectivity index (χ3v) is 4.60. The summed E-state index contributed by atoms with van der Waals surface area (Å²) in [6.45, 7) is 4.00. The van der Waals surface area contributed by atoms with Crippen molar-refractivity contribution in [2.24, 2.45) is 0 Å². The quantitative estimate of drug-likeness (QED) is 0.556. The molecule has 11 heteroatoms. The molecule has 140 valence electrons. The minimum Gasteiger partial charge on any atom is -0.465 e. The zero-order chi connectivity index (χ0) is 18.4. The molecule has 0 radical (unpaired) electrons. The number of thioether (sulfide) groups is 1. The molecule has 10 nitrogen and oxygen atoms in total. The fourth-order valence-corrected chi connectivity index (χ4v) is 3.14. The number of piperidine rings is 1. The Balaban J connectivity index is 1.76. The summed E-state index contributed by atoms with van der Waals surface area (Å²) in [7, 11) is 1.76. The number of ether oxygens (including phenoxy) is 1. The van der Waals surface area contributed by atoms with Gasteiger partial charge in [-0.05, 0) is 26.2 Å². The fraction of sp³-hybridized carbons (Fsp3) is 0.600. The first-order valence-electron chi connectivity index (χ1n) is 8.59. The molecule has 2 aromatic rings. The number of esters is 1. The van der Waals surface area contributed by atoms with Crippen molar-refractivity contribution >= 4 is 29.6 Å². The standard InChI is InChI=1S/C15H22N8O2S/c1-3-25-11(24)9-26-15-17-10-23(21-15)14-19-12(16-2)18-13(20-14)22-7-5-4-6-8-22/h10H,3-9H2,1-2H3,(H,16,18,19,20). The highest BCUT2D eigenvalue weighted by Crippen LogP contribution is 2.19. The molecule has 0 bridgehead atoms. The molecule has 1 aliphatic heterocycles. The summed E-state index contributed by atoms with van der Waals surface area (Å²) >= 11 is 1.21. The lowest BCUT2D eigenvalue weighted by Crippen LogP contribution is -2.31. The predicted octanol–water partition coefficient (Wildman–Crippen LogP) is 1.14. The largest absolute Gasteiger partial charge is 0.465 e. The second-order valence-electron chi connectivity index (χ2n) is 5.62. The molecule has 0 amide bonds. The highest BCUT2D eigenvalue weighted by Gasteiger charge is 2.17. The predicted molar refractivity (Wildman–Crippen MR) is 97.7 cm³/mol. The number of hydrogen-bond donors (Lipinski definition) is 1. The van der Waals surface area contributed by atoms with Crippen molar-refractivity contribution in [1.29, 1.82) is 0 Å². The van der Waals surface area contributed by atoms with Crippen molar-refractivity contribution in [2.45, 2.75) is 31.3 Å². The molecule has 3 rings (SSSR count). The van der Waals surface area contributed by atoms with Gasteiger partial charge in [-0.25, -0.2) is 4.98 Å². The summed E-state index contributed by atoms with van der Waals surface area (Å²) in [5.41, 5.74) is 0. The van der Waals surface area contributed by atoms with Crippen LogP contribution in [0.1, 0.15) is 26.2 Å². The minimum atomic E-state index is -0.293. The maximum atomic E-state index is 11.4. The third-order valence-electron chi connectivity index (χ3n) is 3.77. The van der Waals surface area contributed by atoms with E-state index in [9.17, 15) is 4.79 Å². The lowest BCUT2D eigenvalue weighted by molar-refractivity contribution is -0.139. The SMILES string of the molecule is CCOC(=O)CSc1ncn(-c2nc(NC)nc(N3CCCCC3)n2)n1. The second kappa shape index (κ2) is 8.79. The van der Waals surface area contributed by atoms with Gasteiger partial charge in [0.1, 0.15) is 6.33 Å². The number of nitrogens with one attached hydrogen (secondary N) is 1. The average molecular weight is 378 g/mol. The Kier molecular flexibility index (Phi) is 6.21. The number of aromatic nitrogens is 6. The van der Waals surface area contributed by atoms with Crippen LogP contribution in [0, 0.1) is 0 Å². The molecule has 2 aromatic heterocycles. The van der Waals surface area contributed by atoms with Crippen molar-refractivity contribution in [3.05, 3.63) is 6.33 Å². The molecule has 0 unspecified atom stereocenters.